The number of nitrogens with two attached hydrogens (primary N) is 1. The Morgan fingerprint density at radius 1 is 1.00 bits per heavy atom. The Morgan fingerprint density at radius 3 is 2.20 bits per heavy atom. The Kier molecular flexibility index (Phi) is 6.92. The lowest BCUT2D eigenvalue weighted by molar-refractivity contribution is -0.128. The van der Waals surface area contributed by atoms with Gasteiger partial charge in [0.25, 0.3) is 0 Å². The maximum atomic E-state index is 12.3. The minimum atomic E-state index is -0.830. The molecule has 0 aliphatic heterocycles. The van der Waals surface area contributed by atoms with E-state index < -0.39 is 18.0 Å². The Bertz CT molecular complexity index is 714. The van der Waals surface area contributed by atoms with Gasteiger partial charge in [-0.2, -0.15) is 0 Å². The second kappa shape index (κ2) is 9.39. The summed E-state index contributed by atoms with van der Waals surface area (Å²) in [6.45, 7) is 0. The summed E-state index contributed by atoms with van der Waals surface area (Å²) in [6, 6.07) is 17.6. The van der Waals surface area contributed by atoms with Crippen molar-refractivity contribution in [1.29, 1.82) is 0 Å². The van der Waals surface area contributed by atoms with Gasteiger partial charge in [0, 0.05) is 13.5 Å². The summed E-state index contributed by atoms with van der Waals surface area (Å²) < 4.78 is 0. The maximum absolute atomic E-state index is 12.3. The van der Waals surface area contributed by atoms with Gasteiger partial charge in [-0.25, -0.2) is 0 Å². The third-order valence-corrected chi connectivity index (χ3v) is 3.76. The van der Waals surface area contributed by atoms with Crippen LogP contribution < -0.4 is 16.4 Å². The van der Waals surface area contributed by atoms with E-state index in [1.165, 1.54) is 0 Å². The highest BCUT2D eigenvalue weighted by atomic mass is 16.2. The lowest BCUT2D eigenvalue weighted by Gasteiger charge is -2.19. The van der Waals surface area contributed by atoms with Crippen LogP contribution in [0.2, 0.25) is 0 Å². The average molecular weight is 337 g/mol. The van der Waals surface area contributed by atoms with Crippen molar-refractivity contribution in [3.8, 4) is 0 Å². The number of benzene rings is 2. The number of likely N-dealkylation sites (N-methyl/N-ethyl adjacent to an activating group) is 1. The molecule has 0 aliphatic carbocycles. The number of carbonyl (C=O) groups is 2. The van der Waals surface area contributed by atoms with Gasteiger partial charge in [-0.05, 0) is 11.1 Å². The maximum Gasteiger partial charge on any atom is 0.242 e. The monoisotopic (exact) mass is 337 g/mol. The molecule has 2 amide bonds. The molecule has 0 aromatic heterocycles. The Balaban J connectivity index is 2.00. The predicted molar refractivity (Wildman–Crippen MR) is 99.6 cm³/mol. The largest absolute Gasteiger partial charge is 0.357 e. The lowest BCUT2D eigenvalue weighted by Crippen LogP contribution is -2.51. The molecule has 1 unspecified atom stereocenters. The molecule has 0 fully saturated rings. The van der Waals surface area contributed by atoms with Crippen molar-refractivity contribution in [2.75, 3.05) is 7.05 Å². The molecule has 2 aromatic carbocycles. The highest BCUT2D eigenvalue weighted by Gasteiger charge is 2.22. The summed E-state index contributed by atoms with van der Waals surface area (Å²) >= 11 is 0. The SMILES string of the molecule is CNC(=O)[C@H](Cc1ccccc1)NC(=O)C(N)C=Cc1ccccc1. The number of hydrogen-bond donors (Lipinski definition) is 3. The highest BCUT2D eigenvalue weighted by molar-refractivity contribution is 5.91. The van der Waals surface area contributed by atoms with Crippen LogP contribution in [0.5, 0.6) is 0 Å². The van der Waals surface area contributed by atoms with Crippen LogP contribution in [0.4, 0.5) is 0 Å². The van der Waals surface area contributed by atoms with E-state index in [1.807, 2.05) is 60.7 Å². The topological polar surface area (TPSA) is 84.2 Å². The Morgan fingerprint density at radius 2 is 1.60 bits per heavy atom. The van der Waals surface area contributed by atoms with Crippen molar-refractivity contribution in [2.45, 2.75) is 18.5 Å². The van der Waals surface area contributed by atoms with Crippen LogP contribution in [0.1, 0.15) is 11.1 Å². The lowest BCUT2D eigenvalue weighted by atomic mass is 10.0. The van der Waals surface area contributed by atoms with Crippen molar-refractivity contribution in [3.05, 3.63) is 77.9 Å². The van der Waals surface area contributed by atoms with Gasteiger partial charge in [0.2, 0.25) is 11.8 Å². The number of carbonyl (C=O) groups excluding carboxylic acids is 2. The first-order chi connectivity index (χ1) is 12.1. The van der Waals surface area contributed by atoms with Crippen molar-refractivity contribution < 1.29 is 9.59 Å². The number of hydrogen-bond acceptors (Lipinski definition) is 3. The van der Waals surface area contributed by atoms with Crippen LogP contribution >= 0.6 is 0 Å². The van der Waals surface area contributed by atoms with Gasteiger partial charge in [0.15, 0.2) is 0 Å². The molecule has 0 saturated heterocycles. The molecular weight excluding hydrogens is 314 g/mol. The average Bonchev–Trinajstić information content (AvgIpc) is 2.66. The minimum Gasteiger partial charge on any atom is -0.357 e. The minimum absolute atomic E-state index is 0.253. The first-order valence-electron chi connectivity index (χ1n) is 8.15. The van der Waals surface area contributed by atoms with Crippen LogP contribution in [0.15, 0.2) is 66.7 Å². The van der Waals surface area contributed by atoms with E-state index in [0.717, 1.165) is 11.1 Å². The van der Waals surface area contributed by atoms with Crippen LogP contribution in [-0.2, 0) is 16.0 Å². The summed E-state index contributed by atoms with van der Waals surface area (Å²) in [4.78, 5) is 24.4. The molecule has 0 heterocycles. The summed E-state index contributed by atoms with van der Waals surface area (Å²) in [7, 11) is 1.54. The van der Waals surface area contributed by atoms with E-state index in [4.69, 9.17) is 5.73 Å². The molecule has 25 heavy (non-hydrogen) atoms. The van der Waals surface area contributed by atoms with E-state index >= 15 is 0 Å². The number of rotatable bonds is 7. The highest BCUT2D eigenvalue weighted by Crippen LogP contribution is 2.05. The first kappa shape index (κ1) is 18.4. The first-order valence-corrected chi connectivity index (χ1v) is 8.15. The summed E-state index contributed by atoms with van der Waals surface area (Å²) in [5.74, 6) is -0.645. The molecule has 0 radical (unpaired) electrons. The normalized spacial score (nSPS) is 13.2. The van der Waals surface area contributed by atoms with Crippen molar-refractivity contribution in [2.24, 2.45) is 5.73 Å². The predicted octanol–water partition coefficient (Wildman–Crippen LogP) is 1.50. The molecule has 130 valence electrons. The second-order valence-electron chi connectivity index (χ2n) is 5.66. The molecule has 0 bridgehead atoms. The quantitative estimate of drug-likeness (QED) is 0.716. The van der Waals surface area contributed by atoms with Gasteiger partial charge in [-0.15, -0.1) is 0 Å². The van der Waals surface area contributed by atoms with Gasteiger partial charge >= 0.3 is 0 Å². The zero-order valence-corrected chi connectivity index (χ0v) is 14.2. The Labute approximate surface area is 147 Å². The second-order valence-corrected chi connectivity index (χ2v) is 5.66. The molecule has 0 aliphatic rings. The van der Waals surface area contributed by atoms with Crippen LogP contribution in [0.25, 0.3) is 6.08 Å². The van der Waals surface area contributed by atoms with Crippen LogP contribution in [-0.4, -0.2) is 30.9 Å². The number of nitrogens with one attached hydrogen (secondary N) is 2. The number of amides is 2. The van der Waals surface area contributed by atoms with E-state index in [9.17, 15) is 9.59 Å². The van der Waals surface area contributed by atoms with Crippen molar-refractivity contribution in [1.82, 2.24) is 10.6 Å². The van der Waals surface area contributed by atoms with E-state index in [-0.39, 0.29) is 5.91 Å². The van der Waals surface area contributed by atoms with Crippen LogP contribution in [0.3, 0.4) is 0 Å². The Hall–Kier alpha value is -2.92. The fraction of sp³-hybridized carbons (Fsp3) is 0.200. The molecule has 2 atom stereocenters. The molecule has 4 N–H and O–H groups in total. The molecule has 0 spiro atoms. The molecular formula is C20H23N3O2. The van der Waals surface area contributed by atoms with Gasteiger partial charge in [-0.1, -0.05) is 72.8 Å². The fourth-order valence-electron chi connectivity index (χ4n) is 2.37. The van der Waals surface area contributed by atoms with Gasteiger partial charge in [0.05, 0.1) is 0 Å². The van der Waals surface area contributed by atoms with Gasteiger partial charge in [0.1, 0.15) is 12.1 Å². The molecule has 5 heteroatoms. The molecule has 0 saturated carbocycles. The van der Waals surface area contributed by atoms with Crippen molar-refractivity contribution >= 4 is 17.9 Å². The summed E-state index contributed by atoms with van der Waals surface area (Å²) in [6.07, 6.45) is 3.81. The zero-order valence-electron chi connectivity index (χ0n) is 14.2. The summed E-state index contributed by atoms with van der Waals surface area (Å²) in [5, 5.41) is 5.30. The molecule has 2 aromatic rings. The van der Waals surface area contributed by atoms with E-state index in [2.05, 4.69) is 10.6 Å². The zero-order chi connectivity index (χ0) is 18.1. The third-order valence-electron chi connectivity index (χ3n) is 3.76. The smallest absolute Gasteiger partial charge is 0.242 e. The molecule has 2 rings (SSSR count). The fourth-order valence-corrected chi connectivity index (χ4v) is 2.37. The van der Waals surface area contributed by atoms with Crippen molar-refractivity contribution in [3.63, 3.8) is 0 Å². The van der Waals surface area contributed by atoms with Gasteiger partial charge < -0.3 is 16.4 Å². The van der Waals surface area contributed by atoms with E-state index in [1.54, 1.807) is 19.2 Å². The third kappa shape index (κ3) is 5.90. The standard InChI is InChI=1S/C20H23N3O2/c1-22-20(25)18(14-16-10-6-3-7-11-16)23-19(24)17(21)13-12-15-8-4-2-5-9-15/h2-13,17-18H,14,21H2,1H3,(H,22,25)(H,23,24)/t17?,18-/m0/s1. The van der Waals surface area contributed by atoms with E-state index in [0.29, 0.717) is 6.42 Å². The molecule has 5 nitrogen and oxygen atoms in total. The van der Waals surface area contributed by atoms with Gasteiger partial charge in [-0.3, -0.25) is 9.59 Å². The van der Waals surface area contributed by atoms with Crippen LogP contribution in [0, 0.1) is 0 Å². The summed E-state index contributed by atoms with van der Waals surface area (Å²) in [5.41, 5.74) is 7.84.